The fourth-order valence-electron chi connectivity index (χ4n) is 1.85. The Kier molecular flexibility index (Phi) is 3.34. The molecule has 1 aliphatic heterocycles. The van der Waals surface area contributed by atoms with Crippen LogP contribution in [0.4, 0.5) is 19.1 Å². The zero-order valence-electron chi connectivity index (χ0n) is 10.1. The number of hydrogen-bond donors (Lipinski definition) is 1. The first-order valence-corrected chi connectivity index (χ1v) is 5.67. The van der Waals surface area contributed by atoms with Crippen LogP contribution in [0.15, 0.2) is 12.3 Å². The van der Waals surface area contributed by atoms with Gasteiger partial charge in [-0.2, -0.15) is 13.2 Å². The molecular weight excluding hydrogens is 263 g/mol. The van der Waals surface area contributed by atoms with Crippen LogP contribution >= 0.6 is 0 Å². The van der Waals surface area contributed by atoms with Crippen molar-refractivity contribution in [1.82, 2.24) is 9.97 Å². The molecule has 1 unspecified atom stereocenters. The molecule has 104 valence electrons. The van der Waals surface area contributed by atoms with Crippen LogP contribution in [0.5, 0.6) is 0 Å². The molecule has 0 saturated carbocycles. The van der Waals surface area contributed by atoms with Crippen molar-refractivity contribution < 1.29 is 23.1 Å². The molecule has 1 aromatic rings. The molecular formula is C11H12F3N3O2. The Balaban J connectivity index is 2.04. The molecule has 0 amide bonds. The normalized spacial score (nSPS) is 18.0. The van der Waals surface area contributed by atoms with Crippen LogP contribution in [-0.2, 0) is 11.0 Å². The Morgan fingerprint density at radius 2 is 2.16 bits per heavy atom. The molecule has 1 N–H and O–H groups in total. The van der Waals surface area contributed by atoms with Crippen molar-refractivity contribution in [1.29, 1.82) is 0 Å². The first-order chi connectivity index (χ1) is 8.79. The largest absolute Gasteiger partial charge is 0.481 e. The number of carboxylic acids is 1. The Morgan fingerprint density at radius 1 is 1.53 bits per heavy atom. The van der Waals surface area contributed by atoms with E-state index in [9.17, 15) is 18.0 Å². The van der Waals surface area contributed by atoms with E-state index in [2.05, 4.69) is 9.97 Å². The van der Waals surface area contributed by atoms with E-state index in [1.54, 1.807) is 11.8 Å². The highest BCUT2D eigenvalue weighted by Gasteiger charge is 2.38. The maximum Gasteiger partial charge on any atom is 0.433 e. The van der Waals surface area contributed by atoms with Gasteiger partial charge in [-0.15, -0.1) is 0 Å². The minimum Gasteiger partial charge on any atom is -0.481 e. The van der Waals surface area contributed by atoms with Gasteiger partial charge < -0.3 is 10.0 Å². The Morgan fingerprint density at radius 3 is 2.68 bits per heavy atom. The summed E-state index contributed by atoms with van der Waals surface area (Å²) in [5, 5.41) is 8.83. The van der Waals surface area contributed by atoms with Crippen molar-refractivity contribution in [2.45, 2.75) is 13.1 Å². The molecule has 1 atom stereocenters. The smallest absolute Gasteiger partial charge is 0.433 e. The zero-order valence-corrected chi connectivity index (χ0v) is 10.1. The summed E-state index contributed by atoms with van der Waals surface area (Å²) in [5.41, 5.74) is -0.993. The van der Waals surface area contributed by atoms with Crippen LogP contribution in [0.1, 0.15) is 12.6 Å². The van der Waals surface area contributed by atoms with Crippen molar-refractivity contribution in [2.75, 3.05) is 18.0 Å². The van der Waals surface area contributed by atoms with Gasteiger partial charge in [-0.1, -0.05) is 6.92 Å². The summed E-state index contributed by atoms with van der Waals surface area (Å²) in [6.45, 7) is 2.29. The summed E-state index contributed by atoms with van der Waals surface area (Å²) in [5.74, 6) is -1.53. The molecule has 5 nitrogen and oxygen atoms in total. The molecule has 1 aromatic heterocycles. The number of carbonyl (C=O) groups is 1. The lowest BCUT2D eigenvalue weighted by molar-refractivity contribution is -0.143. The summed E-state index contributed by atoms with van der Waals surface area (Å²) in [6.07, 6.45) is -3.45. The molecule has 1 saturated heterocycles. The van der Waals surface area contributed by atoms with Gasteiger partial charge in [0.2, 0.25) is 5.95 Å². The zero-order chi connectivity index (χ0) is 14.2. The van der Waals surface area contributed by atoms with Gasteiger partial charge in [0.05, 0.1) is 5.92 Å². The molecule has 0 spiro atoms. The summed E-state index contributed by atoms with van der Waals surface area (Å²) in [6, 6.07) is 0.806. The van der Waals surface area contributed by atoms with Gasteiger partial charge in [0, 0.05) is 25.2 Å². The van der Waals surface area contributed by atoms with E-state index in [-0.39, 0.29) is 11.9 Å². The second kappa shape index (κ2) is 4.67. The van der Waals surface area contributed by atoms with Crippen molar-refractivity contribution >= 4 is 11.9 Å². The van der Waals surface area contributed by atoms with Crippen molar-refractivity contribution in [3.8, 4) is 0 Å². The topological polar surface area (TPSA) is 66.3 Å². The number of aliphatic carboxylic acids is 1. The van der Waals surface area contributed by atoms with E-state index in [0.717, 1.165) is 12.3 Å². The van der Waals surface area contributed by atoms with Crippen LogP contribution in [0.25, 0.3) is 0 Å². The number of alkyl halides is 3. The third-order valence-corrected chi connectivity index (χ3v) is 3.22. The van der Waals surface area contributed by atoms with Crippen LogP contribution in [-0.4, -0.2) is 34.1 Å². The van der Waals surface area contributed by atoms with Crippen molar-refractivity contribution in [3.63, 3.8) is 0 Å². The number of anilines is 1. The molecule has 1 aliphatic rings. The Bertz CT molecular complexity index is 486. The summed E-state index contributed by atoms with van der Waals surface area (Å²) in [4.78, 5) is 19.5. The second-order valence-electron chi connectivity index (χ2n) is 4.53. The quantitative estimate of drug-likeness (QED) is 0.908. The molecule has 0 bridgehead atoms. The standard InChI is InChI=1S/C11H12F3N3O2/c1-6(9(18)19)7-4-17(5-7)10-15-3-2-8(16-10)11(12,13)14/h2-3,6-7H,4-5H2,1H3,(H,18,19). The number of carboxylic acid groups (broad SMARTS) is 1. The molecule has 2 rings (SSSR count). The number of hydrogen-bond acceptors (Lipinski definition) is 4. The van der Waals surface area contributed by atoms with E-state index in [4.69, 9.17) is 5.11 Å². The molecule has 1 fully saturated rings. The fraction of sp³-hybridized carbons (Fsp3) is 0.545. The summed E-state index contributed by atoms with van der Waals surface area (Å²) in [7, 11) is 0. The number of halogens is 3. The van der Waals surface area contributed by atoms with Crippen LogP contribution in [0, 0.1) is 11.8 Å². The summed E-state index contributed by atoms with van der Waals surface area (Å²) < 4.78 is 37.4. The number of aromatic nitrogens is 2. The lowest BCUT2D eigenvalue weighted by Crippen LogP contribution is -2.51. The molecule has 0 radical (unpaired) electrons. The number of nitrogens with zero attached hydrogens (tertiary/aromatic N) is 3. The first kappa shape index (κ1) is 13.6. The highest BCUT2D eigenvalue weighted by molar-refractivity contribution is 5.70. The van der Waals surface area contributed by atoms with Gasteiger partial charge in [0.25, 0.3) is 0 Å². The van der Waals surface area contributed by atoms with Crippen molar-refractivity contribution in [3.05, 3.63) is 18.0 Å². The minimum atomic E-state index is -4.50. The molecule has 19 heavy (non-hydrogen) atoms. The highest BCUT2D eigenvalue weighted by atomic mass is 19.4. The van der Waals surface area contributed by atoms with E-state index in [1.807, 2.05) is 0 Å². The van der Waals surface area contributed by atoms with E-state index >= 15 is 0 Å². The predicted molar refractivity (Wildman–Crippen MR) is 59.5 cm³/mol. The Labute approximate surface area is 107 Å². The molecule has 8 heteroatoms. The molecule has 0 aromatic carbocycles. The van der Waals surface area contributed by atoms with Gasteiger partial charge in [-0.3, -0.25) is 4.79 Å². The average molecular weight is 275 g/mol. The maximum absolute atomic E-state index is 12.5. The van der Waals surface area contributed by atoms with Gasteiger partial charge in [-0.05, 0) is 6.07 Å². The average Bonchev–Trinajstić information content (AvgIpc) is 2.26. The second-order valence-corrected chi connectivity index (χ2v) is 4.53. The highest BCUT2D eigenvalue weighted by Crippen LogP contribution is 2.31. The van der Waals surface area contributed by atoms with Gasteiger partial charge in [-0.25, -0.2) is 9.97 Å². The van der Waals surface area contributed by atoms with Gasteiger partial charge >= 0.3 is 12.1 Å². The first-order valence-electron chi connectivity index (χ1n) is 5.67. The van der Waals surface area contributed by atoms with Crippen molar-refractivity contribution in [2.24, 2.45) is 11.8 Å². The third kappa shape index (κ3) is 2.77. The van der Waals surface area contributed by atoms with Gasteiger partial charge in [0.15, 0.2) is 0 Å². The maximum atomic E-state index is 12.5. The molecule has 2 heterocycles. The minimum absolute atomic E-state index is 0.0105. The lowest BCUT2D eigenvalue weighted by atomic mass is 9.87. The van der Waals surface area contributed by atoms with Crippen LogP contribution < -0.4 is 4.90 Å². The SMILES string of the molecule is CC(C(=O)O)C1CN(c2nccc(C(F)(F)F)n2)C1. The van der Waals surface area contributed by atoms with Gasteiger partial charge in [0.1, 0.15) is 5.69 Å². The van der Waals surface area contributed by atoms with Crippen LogP contribution in [0.3, 0.4) is 0 Å². The number of rotatable bonds is 3. The third-order valence-electron chi connectivity index (χ3n) is 3.22. The summed E-state index contributed by atoms with van der Waals surface area (Å²) >= 11 is 0. The fourth-order valence-corrected chi connectivity index (χ4v) is 1.85. The Hall–Kier alpha value is -1.86. The molecule has 0 aliphatic carbocycles. The van der Waals surface area contributed by atoms with E-state index in [0.29, 0.717) is 13.1 Å². The lowest BCUT2D eigenvalue weighted by Gasteiger charge is -2.41. The monoisotopic (exact) mass is 275 g/mol. The van der Waals surface area contributed by atoms with Crippen LogP contribution in [0.2, 0.25) is 0 Å². The van der Waals surface area contributed by atoms with E-state index < -0.39 is 23.8 Å². The van der Waals surface area contributed by atoms with E-state index in [1.165, 1.54) is 0 Å². The predicted octanol–water partition coefficient (Wildman–Crippen LogP) is 1.65.